The fourth-order valence-corrected chi connectivity index (χ4v) is 17.5. The molecule has 4 saturated carbocycles. The van der Waals surface area contributed by atoms with Crippen molar-refractivity contribution in [1.82, 2.24) is 30.4 Å². The van der Waals surface area contributed by atoms with Gasteiger partial charge in [-0.2, -0.15) is 0 Å². The first-order chi connectivity index (χ1) is 42.4. The molecule has 89 heavy (non-hydrogen) atoms. The summed E-state index contributed by atoms with van der Waals surface area (Å²) in [6, 6.07) is 16.5. The minimum atomic E-state index is -1.29. The van der Waals surface area contributed by atoms with Gasteiger partial charge in [0.25, 0.3) is 0 Å². The van der Waals surface area contributed by atoms with Crippen LogP contribution in [0.15, 0.2) is 82.3 Å². The number of aliphatic carboxylic acids is 1. The van der Waals surface area contributed by atoms with Crippen molar-refractivity contribution in [3.8, 4) is 0 Å². The molecule has 10 atom stereocenters. The number of benzene rings is 2. The van der Waals surface area contributed by atoms with Crippen molar-refractivity contribution < 1.29 is 51.4 Å². The number of Topliss-reactive ketones (excluding diaryl/α,β-unsaturated/α-hetero) is 1. The highest BCUT2D eigenvalue weighted by molar-refractivity contribution is 6.31. The summed E-state index contributed by atoms with van der Waals surface area (Å²) >= 11 is 24.9. The van der Waals surface area contributed by atoms with Crippen LogP contribution in [0.25, 0.3) is 0 Å². The Balaban J connectivity index is 0.000000149. The third kappa shape index (κ3) is 11.0. The molecule has 0 radical (unpaired) electrons. The largest absolute Gasteiger partial charge is 0.481 e. The average molecular weight is 1300 g/mol. The summed E-state index contributed by atoms with van der Waals surface area (Å²) in [5.41, 5.74) is 3.84. The maximum Gasteiger partial charge on any atom is 0.307 e. The number of nitrogens with one attached hydrogen (secondary N) is 2. The van der Waals surface area contributed by atoms with Gasteiger partial charge in [0.05, 0.1) is 40.0 Å². The second-order valence-electron chi connectivity index (χ2n) is 27.3. The van der Waals surface area contributed by atoms with Crippen molar-refractivity contribution in [2.45, 2.75) is 165 Å². The number of hydrogen-bond acceptors (Lipinski definition) is 15. The number of amides is 2. The smallest absolute Gasteiger partial charge is 0.307 e. The number of carbonyl (C=O) groups is 4. The Hall–Kier alpha value is -6.00. The van der Waals surface area contributed by atoms with Crippen LogP contribution >= 0.6 is 46.4 Å². The van der Waals surface area contributed by atoms with Crippen molar-refractivity contribution in [2.24, 2.45) is 45.1 Å². The number of ketones is 1. The number of carbonyl (C=O) groups excluding carboxylic acids is 3. The molecule has 0 bridgehead atoms. The number of nitrogens with two attached hydrogens (primary N) is 1. The van der Waals surface area contributed by atoms with Gasteiger partial charge in [-0.05, 0) is 153 Å². The number of hydrogen-bond donors (Lipinski definition) is 4. The zero-order valence-electron chi connectivity index (χ0n) is 49.8. The van der Waals surface area contributed by atoms with Gasteiger partial charge in [0.1, 0.15) is 51.6 Å². The molecule has 2 aromatic carbocycles. The Morgan fingerprint density at radius 2 is 1.07 bits per heavy atom. The van der Waals surface area contributed by atoms with Gasteiger partial charge in [-0.1, -0.05) is 110 Å². The third-order valence-corrected chi connectivity index (χ3v) is 22.4. The number of carboxylic acids is 1. The highest BCUT2D eigenvalue weighted by Gasteiger charge is 2.75. The Morgan fingerprint density at radius 3 is 1.48 bits per heavy atom. The van der Waals surface area contributed by atoms with Gasteiger partial charge in [0.15, 0.2) is 0 Å². The van der Waals surface area contributed by atoms with Gasteiger partial charge in [-0.25, -0.2) is 18.7 Å². The first-order valence-electron chi connectivity index (χ1n) is 30.5. The normalized spacial score (nSPS) is 30.0. The molecule has 8 aliphatic rings. The van der Waals surface area contributed by atoms with E-state index >= 15 is 8.78 Å². The predicted molar refractivity (Wildman–Crippen MR) is 326 cm³/mol. The Bertz CT molecular complexity index is 3660. The molecule has 18 nitrogen and oxygen atoms in total. The SMILES string of the molecule is CC1(C)CCC2(CC1)C[C@@H](C(=O)C[C@@H]1CC[C@@H](c3nnco3)OC1)[C@H](c1cccc(Cl)c1F)[C@]21C(=O)Nc2nc(Cl)ccc21.CC1(C)CCC2(CC1)C[C@@H](C(=O)O)[C@H](c1cccc(Cl)c1F)C21C(=O)Nc2nc(Cl)ccc21.N[C@@H]1CC[C@@H](c2nnco2)OC1. The summed E-state index contributed by atoms with van der Waals surface area (Å²) in [5, 5.41) is 31.7. The monoisotopic (exact) mass is 1300 g/mol. The van der Waals surface area contributed by atoms with Gasteiger partial charge in [0.2, 0.25) is 36.4 Å². The van der Waals surface area contributed by atoms with E-state index in [1.165, 1.54) is 24.9 Å². The third-order valence-electron chi connectivity index (χ3n) is 21.3. The van der Waals surface area contributed by atoms with E-state index in [1.807, 2.05) is 6.07 Å². The van der Waals surface area contributed by atoms with Crippen molar-refractivity contribution in [2.75, 3.05) is 23.8 Å². The average Bonchev–Trinajstić information content (AvgIpc) is 1.53. The fraction of sp³-hybridized carbons (Fsp3) is 0.538. The first-order valence-corrected chi connectivity index (χ1v) is 32.1. The van der Waals surface area contributed by atoms with Crippen LogP contribution < -0.4 is 16.4 Å². The number of ether oxygens (including phenoxy) is 2. The van der Waals surface area contributed by atoms with Crippen molar-refractivity contribution in [3.63, 3.8) is 0 Å². The Kier molecular flexibility index (Phi) is 17.2. The number of nitrogens with zero attached hydrogens (tertiary/aromatic N) is 6. The van der Waals surface area contributed by atoms with E-state index in [-0.39, 0.29) is 91.4 Å². The van der Waals surface area contributed by atoms with Crippen molar-refractivity contribution in [3.05, 3.63) is 139 Å². The lowest BCUT2D eigenvalue weighted by molar-refractivity contribution is -0.142. The van der Waals surface area contributed by atoms with E-state index in [0.29, 0.717) is 79.0 Å². The second-order valence-corrected chi connectivity index (χ2v) is 28.9. The molecule has 5 N–H and O–H groups in total. The van der Waals surface area contributed by atoms with E-state index in [2.05, 4.69) is 68.7 Å². The predicted octanol–water partition coefficient (Wildman–Crippen LogP) is 14.1. The fourth-order valence-electron chi connectivity index (χ4n) is 16.9. The maximum atomic E-state index is 16.2. The molecule has 6 fully saturated rings. The second kappa shape index (κ2) is 24.2. The Labute approximate surface area is 533 Å². The molecule has 2 saturated heterocycles. The number of fused-ring (bicyclic) bond motifs is 6. The van der Waals surface area contributed by atoms with E-state index in [0.717, 1.165) is 57.8 Å². The number of pyridine rings is 2. The zero-order valence-corrected chi connectivity index (χ0v) is 52.8. The summed E-state index contributed by atoms with van der Waals surface area (Å²) in [6.45, 7) is 9.81. The minimum absolute atomic E-state index is 0.0171. The standard InChI is InChI=1S/C33H35Cl2FN4O4.C25H25Cl2FN2O3.C7H11N3O2/c1-31(2)10-12-32(13-11-31)15-20(23(41)14-18-6-8-24(43-16-18)29-40-37-17-44-29)26(19-4-3-5-22(34)27(19)36)33(32)21-7-9-25(35)38-28(21)39-30(33)42;1-23(2)8-10-24(11-9-23)12-14(21(31)32)18(13-4-3-5-16(26)19(13)28)25(24)15-6-7-17(27)29-20(15)30-22(25)33;8-5-1-2-6(11-3-5)7-10-9-4-12-7/h3-5,7,9,17-18,20,24,26H,6,8,10-16H2,1-2H3,(H,38,39,42);3-7,14,18H,8-12H2,1-2H3,(H,31,32)(H,29,30,33);4-6H,1-3,8H2/t18-,20-,24-,26-,33+;14-,18+,25?;5-,6+/m011/s1. The van der Waals surface area contributed by atoms with Gasteiger partial charge < -0.3 is 39.8 Å². The molecule has 4 spiro atoms. The van der Waals surface area contributed by atoms with Crippen LogP contribution in [0.2, 0.25) is 20.4 Å². The van der Waals surface area contributed by atoms with Crippen LogP contribution in [0.3, 0.4) is 0 Å². The van der Waals surface area contributed by atoms with Crippen LogP contribution in [0, 0.1) is 51.0 Å². The summed E-state index contributed by atoms with van der Waals surface area (Å²) in [5.74, 6) is -4.43. The lowest BCUT2D eigenvalue weighted by Gasteiger charge is -2.50. The molecule has 4 aliphatic carbocycles. The summed E-state index contributed by atoms with van der Waals surface area (Å²) < 4.78 is 53.4. The molecule has 2 amide bonds. The van der Waals surface area contributed by atoms with Crippen LogP contribution in [-0.4, -0.2) is 78.3 Å². The maximum absolute atomic E-state index is 16.2. The lowest BCUT2D eigenvalue weighted by Crippen LogP contribution is -2.52. The Morgan fingerprint density at radius 1 is 0.618 bits per heavy atom. The van der Waals surface area contributed by atoms with Gasteiger partial charge >= 0.3 is 5.97 Å². The zero-order chi connectivity index (χ0) is 63.0. The molecular formula is C65H71Cl4F2N9O9. The minimum Gasteiger partial charge on any atom is -0.481 e. The van der Waals surface area contributed by atoms with Gasteiger partial charge in [-0.3, -0.25) is 19.2 Å². The molecule has 8 heterocycles. The number of rotatable bonds is 8. The topological polar surface area (TPSA) is 261 Å². The molecule has 1 unspecified atom stereocenters. The summed E-state index contributed by atoms with van der Waals surface area (Å²) in [6.07, 6.45) is 12.8. The number of halogens is 6. The molecule has 6 aromatic rings. The highest BCUT2D eigenvalue weighted by atomic mass is 35.5. The quantitative estimate of drug-likeness (QED) is 0.103. The molecule has 4 aliphatic heterocycles. The van der Waals surface area contributed by atoms with E-state index in [4.69, 9.17) is 70.4 Å². The van der Waals surface area contributed by atoms with Crippen LogP contribution in [-0.2, 0) is 39.5 Å². The van der Waals surface area contributed by atoms with Crippen LogP contribution in [0.5, 0.6) is 0 Å². The van der Waals surface area contributed by atoms with E-state index in [9.17, 15) is 24.3 Å². The molecule has 4 aromatic heterocycles. The summed E-state index contributed by atoms with van der Waals surface area (Å²) in [7, 11) is 0. The molecule has 14 rings (SSSR count). The van der Waals surface area contributed by atoms with E-state index in [1.54, 1.807) is 42.5 Å². The molecule has 472 valence electrons. The van der Waals surface area contributed by atoms with Crippen molar-refractivity contribution >= 4 is 81.6 Å². The van der Waals surface area contributed by atoms with Crippen LogP contribution in [0.1, 0.15) is 182 Å². The molecule has 24 heteroatoms. The van der Waals surface area contributed by atoms with E-state index < -0.39 is 62.9 Å². The van der Waals surface area contributed by atoms with Gasteiger partial charge in [-0.15, -0.1) is 20.4 Å². The van der Waals surface area contributed by atoms with Crippen molar-refractivity contribution in [1.29, 1.82) is 0 Å². The highest BCUT2D eigenvalue weighted by Crippen LogP contribution is 2.74. The first kappa shape index (κ1) is 63.2. The number of anilines is 2. The lowest BCUT2D eigenvalue weighted by atomic mass is 9.51. The van der Waals surface area contributed by atoms with Crippen LogP contribution in [0.4, 0.5) is 20.4 Å². The van der Waals surface area contributed by atoms with Gasteiger partial charge in [0, 0.05) is 41.3 Å². The number of aromatic nitrogens is 6. The number of carboxylic acid groups (broad SMARTS) is 1. The summed E-state index contributed by atoms with van der Waals surface area (Å²) in [4.78, 5) is 64.6. The molecular weight excluding hydrogens is 1230 g/mol.